The Morgan fingerprint density at radius 1 is 1.10 bits per heavy atom. The van der Waals surface area contributed by atoms with Crippen LogP contribution in [0.3, 0.4) is 0 Å². The number of alkyl halides is 3. The molecular weight excluding hydrogens is 385 g/mol. The first kappa shape index (κ1) is 21.9. The molecule has 1 aromatic carbocycles. The average Bonchev–Trinajstić information content (AvgIpc) is 3.24. The molecule has 9 heteroatoms. The van der Waals surface area contributed by atoms with Crippen LogP contribution in [0.1, 0.15) is 36.8 Å². The standard InChI is InChI=1S/C12H14F3NO.C8H15N3O/c13-12(14,15)10-3-1-9(2-4-10)11(17)5-7-16-8-6-11;1-12-7-8(2-3-8)6-11-5-4-9-10-11/h1-4,16-17H,5-8H2;4-5,9-10H,2-3,6-7H2,1H3. The van der Waals surface area contributed by atoms with Crippen LogP contribution in [0.4, 0.5) is 13.2 Å². The molecule has 2 fully saturated rings. The van der Waals surface area contributed by atoms with Crippen molar-refractivity contribution < 1.29 is 23.0 Å². The van der Waals surface area contributed by atoms with Crippen molar-refractivity contribution in [1.29, 1.82) is 0 Å². The van der Waals surface area contributed by atoms with Gasteiger partial charge in [0.05, 0.1) is 17.8 Å². The monoisotopic (exact) mass is 414 g/mol. The van der Waals surface area contributed by atoms with Gasteiger partial charge < -0.3 is 20.6 Å². The van der Waals surface area contributed by atoms with E-state index in [0.717, 1.165) is 25.3 Å². The number of rotatable bonds is 5. The molecule has 0 bridgehead atoms. The second-order valence-corrected chi connectivity index (χ2v) is 7.99. The van der Waals surface area contributed by atoms with Crippen LogP contribution in [0.15, 0.2) is 36.7 Å². The van der Waals surface area contributed by atoms with Crippen LogP contribution >= 0.6 is 0 Å². The largest absolute Gasteiger partial charge is 0.416 e. The van der Waals surface area contributed by atoms with Crippen molar-refractivity contribution in [3.05, 3.63) is 47.8 Å². The molecule has 0 unspecified atom stereocenters. The zero-order valence-electron chi connectivity index (χ0n) is 16.6. The Morgan fingerprint density at radius 3 is 2.24 bits per heavy atom. The first-order valence-corrected chi connectivity index (χ1v) is 9.81. The number of piperidine rings is 1. The predicted molar refractivity (Wildman–Crippen MR) is 103 cm³/mol. The minimum absolute atomic E-state index is 0.415. The molecule has 3 aliphatic rings. The second kappa shape index (κ2) is 8.91. The van der Waals surface area contributed by atoms with Crippen molar-refractivity contribution in [2.45, 2.75) is 37.5 Å². The summed E-state index contributed by atoms with van der Waals surface area (Å²) in [5.41, 5.74) is 5.25. The van der Waals surface area contributed by atoms with Gasteiger partial charge in [-0.05, 0) is 56.5 Å². The Hall–Kier alpha value is -1.81. The highest BCUT2D eigenvalue weighted by Crippen LogP contribution is 2.46. The van der Waals surface area contributed by atoms with E-state index < -0.39 is 17.3 Å². The normalized spacial score (nSPS) is 21.9. The third-order valence-electron chi connectivity index (χ3n) is 5.64. The lowest BCUT2D eigenvalue weighted by atomic mass is 9.85. The Balaban J connectivity index is 0.000000176. The van der Waals surface area contributed by atoms with Crippen molar-refractivity contribution in [1.82, 2.24) is 21.3 Å². The smallest absolute Gasteiger partial charge is 0.385 e. The molecule has 162 valence electrons. The molecule has 1 saturated heterocycles. The van der Waals surface area contributed by atoms with Crippen LogP contribution in [0, 0.1) is 5.41 Å². The Morgan fingerprint density at radius 2 is 1.76 bits per heavy atom. The van der Waals surface area contributed by atoms with E-state index in [1.54, 1.807) is 7.11 Å². The maximum absolute atomic E-state index is 12.4. The summed E-state index contributed by atoms with van der Waals surface area (Å²) < 4.78 is 42.3. The number of hydrogen-bond acceptors (Lipinski definition) is 6. The lowest BCUT2D eigenvalue weighted by Gasteiger charge is -2.33. The van der Waals surface area contributed by atoms with E-state index in [2.05, 4.69) is 21.3 Å². The predicted octanol–water partition coefficient (Wildman–Crippen LogP) is 2.49. The second-order valence-electron chi connectivity index (χ2n) is 7.99. The van der Waals surface area contributed by atoms with Crippen molar-refractivity contribution in [3.8, 4) is 0 Å². The van der Waals surface area contributed by atoms with Crippen LogP contribution in [0.5, 0.6) is 0 Å². The summed E-state index contributed by atoms with van der Waals surface area (Å²) >= 11 is 0. The molecule has 1 aromatic rings. The molecule has 1 aliphatic carbocycles. The number of methoxy groups -OCH3 is 1. The highest BCUT2D eigenvalue weighted by molar-refractivity contribution is 5.29. The molecule has 0 aromatic heterocycles. The van der Waals surface area contributed by atoms with Crippen molar-refractivity contribution in [2.75, 3.05) is 33.4 Å². The minimum Gasteiger partial charge on any atom is -0.385 e. The highest BCUT2D eigenvalue weighted by Gasteiger charge is 2.44. The number of nitrogens with zero attached hydrogens (tertiary/aromatic N) is 1. The molecule has 29 heavy (non-hydrogen) atoms. The Labute approximate surface area is 169 Å². The van der Waals surface area contributed by atoms with E-state index in [0.29, 0.717) is 36.9 Å². The van der Waals surface area contributed by atoms with Crippen LogP contribution < -0.4 is 16.3 Å². The van der Waals surface area contributed by atoms with Gasteiger partial charge >= 0.3 is 6.18 Å². The first-order chi connectivity index (χ1) is 13.8. The van der Waals surface area contributed by atoms with Crippen LogP contribution in [-0.4, -0.2) is 43.5 Å². The molecule has 1 saturated carbocycles. The number of ether oxygens (including phenoxy) is 1. The Bertz CT molecular complexity index is 684. The molecule has 2 heterocycles. The van der Waals surface area contributed by atoms with Gasteiger partial charge in [-0.2, -0.15) is 13.2 Å². The van der Waals surface area contributed by atoms with Gasteiger partial charge in [0, 0.05) is 31.5 Å². The van der Waals surface area contributed by atoms with E-state index in [1.807, 2.05) is 12.4 Å². The summed E-state index contributed by atoms with van der Waals surface area (Å²) in [4.78, 5) is 0. The number of halogens is 3. The van der Waals surface area contributed by atoms with Gasteiger partial charge in [-0.15, -0.1) is 5.53 Å². The lowest BCUT2D eigenvalue weighted by molar-refractivity contribution is -0.137. The molecule has 0 amide bonds. The fourth-order valence-corrected chi connectivity index (χ4v) is 3.67. The molecule has 2 aliphatic heterocycles. The van der Waals surface area contributed by atoms with Gasteiger partial charge in [-0.3, -0.25) is 5.01 Å². The van der Waals surface area contributed by atoms with Crippen LogP contribution in [0.25, 0.3) is 0 Å². The highest BCUT2D eigenvalue weighted by atomic mass is 19.4. The Kier molecular flexibility index (Phi) is 6.72. The number of hydrazine groups is 2. The fraction of sp³-hybridized carbons (Fsp3) is 0.600. The summed E-state index contributed by atoms with van der Waals surface area (Å²) in [6.07, 6.45) is 3.20. The van der Waals surface area contributed by atoms with Gasteiger partial charge in [0.15, 0.2) is 0 Å². The van der Waals surface area contributed by atoms with E-state index in [9.17, 15) is 18.3 Å². The van der Waals surface area contributed by atoms with Gasteiger partial charge in [-0.1, -0.05) is 12.1 Å². The summed E-state index contributed by atoms with van der Waals surface area (Å²) in [6.45, 7) is 3.26. The molecule has 0 spiro atoms. The van der Waals surface area contributed by atoms with Crippen molar-refractivity contribution in [2.24, 2.45) is 5.41 Å². The van der Waals surface area contributed by atoms with Gasteiger partial charge in [0.2, 0.25) is 0 Å². The number of nitrogens with one attached hydrogen (secondary N) is 3. The maximum Gasteiger partial charge on any atom is 0.416 e. The van der Waals surface area contributed by atoms with Gasteiger partial charge in [-0.25, -0.2) is 0 Å². The third-order valence-corrected chi connectivity index (χ3v) is 5.64. The SMILES string of the molecule is COCC1(CN2C=CNN2)CC1.OC1(c2ccc(C(F)(F)F)cc2)CCNCC1. The van der Waals surface area contributed by atoms with Gasteiger partial charge in [0.25, 0.3) is 0 Å². The van der Waals surface area contributed by atoms with E-state index in [4.69, 9.17) is 4.74 Å². The number of benzene rings is 1. The molecule has 6 nitrogen and oxygen atoms in total. The zero-order valence-corrected chi connectivity index (χ0v) is 16.6. The fourth-order valence-electron chi connectivity index (χ4n) is 3.67. The van der Waals surface area contributed by atoms with E-state index in [1.165, 1.54) is 25.0 Å². The quantitative estimate of drug-likeness (QED) is 0.594. The molecule has 4 rings (SSSR count). The van der Waals surface area contributed by atoms with E-state index in [-0.39, 0.29) is 0 Å². The van der Waals surface area contributed by atoms with Crippen LogP contribution in [-0.2, 0) is 16.5 Å². The average molecular weight is 414 g/mol. The summed E-state index contributed by atoms with van der Waals surface area (Å²) in [7, 11) is 1.77. The molecular formula is C20H29F3N4O2. The van der Waals surface area contributed by atoms with Crippen molar-refractivity contribution in [3.63, 3.8) is 0 Å². The summed E-state index contributed by atoms with van der Waals surface area (Å²) in [6, 6.07) is 4.78. The maximum atomic E-state index is 12.4. The topological polar surface area (TPSA) is 68.8 Å². The zero-order chi connectivity index (χ0) is 21.0. The van der Waals surface area contributed by atoms with Crippen LogP contribution in [0.2, 0.25) is 0 Å². The van der Waals surface area contributed by atoms with E-state index >= 15 is 0 Å². The molecule has 4 N–H and O–H groups in total. The van der Waals surface area contributed by atoms with Gasteiger partial charge in [0.1, 0.15) is 0 Å². The summed E-state index contributed by atoms with van der Waals surface area (Å²) in [5.74, 6) is 0. The lowest BCUT2D eigenvalue weighted by Crippen LogP contribution is -2.40. The van der Waals surface area contributed by atoms with Crippen molar-refractivity contribution >= 4 is 0 Å². The number of hydrogen-bond donors (Lipinski definition) is 4. The first-order valence-electron chi connectivity index (χ1n) is 9.81. The molecule has 0 atom stereocenters. The molecule has 0 radical (unpaired) electrons. The third kappa shape index (κ3) is 5.85. The summed E-state index contributed by atoms with van der Waals surface area (Å²) in [5, 5.41) is 15.5. The number of aliphatic hydroxyl groups is 1. The minimum atomic E-state index is -4.32.